The van der Waals surface area contributed by atoms with Crippen LogP contribution in [0.1, 0.15) is 53.9 Å². The Morgan fingerprint density at radius 3 is 2.15 bits per heavy atom. The summed E-state index contributed by atoms with van der Waals surface area (Å²) in [6.07, 6.45) is 13.9. The Labute approximate surface area is 396 Å². The Bertz CT molecular complexity index is 3760. The molecular formula is C64H48N4+2. The molecule has 0 fully saturated rings. The third-order valence-electron chi connectivity index (χ3n) is 15.7. The topological polar surface area (TPSA) is 25.6 Å². The van der Waals surface area contributed by atoms with Gasteiger partial charge in [0.15, 0.2) is 29.8 Å². The highest BCUT2D eigenvalue weighted by atomic mass is 15.1. The maximum Gasteiger partial charge on any atom is 0.214 e. The van der Waals surface area contributed by atoms with E-state index in [1.165, 1.54) is 94.5 Å². The summed E-state index contributed by atoms with van der Waals surface area (Å²) in [5, 5.41) is 2.48. The van der Waals surface area contributed by atoms with E-state index in [-0.39, 0.29) is 17.9 Å². The number of benzene rings is 6. The van der Waals surface area contributed by atoms with E-state index >= 15 is 0 Å². The third kappa shape index (κ3) is 5.83. The molecule has 4 aromatic heterocycles. The van der Waals surface area contributed by atoms with Gasteiger partial charge in [-0.25, -0.2) is 4.98 Å². The lowest BCUT2D eigenvalue weighted by molar-refractivity contribution is -0.696. The van der Waals surface area contributed by atoms with E-state index < -0.39 is 5.41 Å². The Balaban J connectivity index is 1.03. The number of hydrogen-bond donors (Lipinski definition) is 0. The van der Waals surface area contributed by atoms with Crippen LogP contribution in [0.15, 0.2) is 231 Å². The lowest BCUT2D eigenvalue weighted by Crippen LogP contribution is -2.46. The van der Waals surface area contributed by atoms with Crippen LogP contribution in [0.5, 0.6) is 0 Å². The number of pyridine rings is 3. The predicted molar refractivity (Wildman–Crippen MR) is 276 cm³/mol. The van der Waals surface area contributed by atoms with Crippen molar-refractivity contribution in [1.29, 1.82) is 0 Å². The smallest absolute Gasteiger partial charge is 0.214 e. The lowest BCUT2D eigenvalue weighted by Gasteiger charge is -2.37. The maximum atomic E-state index is 5.84. The third-order valence-corrected chi connectivity index (χ3v) is 15.7. The van der Waals surface area contributed by atoms with Crippen molar-refractivity contribution in [3.63, 3.8) is 0 Å². The van der Waals surface area contributed by atoms with Crippen molar-refractivity contribution in [3.05, 3.63) is 259 Å². The molecule has 0 spiro atoms. The van der Waals surface area contributed by atoms with Crippen molar-refractivity contribution >= 4 is 38.6 Å². The molecule has 0 saturated heterocycles. The molecule has 4 atom stereocenters. The number of fused-ring (bicyclic) bond motifs is 12. The van der Waals surface area contributed by atoms with Gasteiger partial charge in [0.25, 0.3) is 0 Å². The molecular weight excluding hydrogens is 825 g/mol. The van der Waals surface area contributed by atoms with E-state index in [1.54, 1.807) is 0 Å². The molecule has 0 N–H and O–H groups in total. The molecule has 6 aromatic carbocycles. The van der Waals surface area contributed by atoms with E-state index in [0.717, 1.165) is 24.4 Å². The number of rotatable bonds is 5. The summed E-state index contributed by atoms with van der Waals surface area (Å²) < 4.78 is 7.60. The second-order valence-corrected chi connectivity index (χ2v) is 19.2. The zero-order valence-electron chi connectivity index (χ0n) is 37.9. The van der Waals surface area contributed by atoms with Gasteiger partial charge in [-0.05, 0) is 70.5 Å². The molecule has 4 bridgehead atoms. The molecule has 0 saturated carbocycles. The van der Waals surface area contributed by atoms with Crippen molar-refractivity contribution in [3.8, 4) is 39.3 Å². The fourth-order valence-electron chi connectivity index (χ4n) is 12.5. The molecule has 0 radical (unpaired) electrons. The minimum atomic E-state index is -0.511. The van der Waals surface area contributed by atoms with E-state index in [4.69, 9.17) is 4.98 Å². The summed E-state index contributed by atoms with van der Waals surface area (Å²) in [5.41, 5.74) is 19.5. The number of aromatic nitrogens is 4. The van der Waals surface area contributed by atoms with Gasteiger partial charge >= 0.3 is 0 Å². The normalized spacial score (nSPS) is 19.7. The van der Waals surface area contributed by atoms with Gasteiger partial charge in [0.05, 0.1) is 22.3 Å². The zero-order chi connectivity index (χ0) is 44.9. The van der Waals surface area contributed by atoms with Crippen LogP contribution in [0.3, 0.4) is 0 Å². The van der Waals surface area contributed by atoms with Gasteiger partial charge in [-0.2, -0.15) is 9.13 Å². The van der Waals surface area contributed by atoms with Gasteiger partial charge in [-0.3, -0.25) is 4.57 Å². The van der Waals surface area contributed by atoms with Crippen LogP contribution in [0.4, 0.5) is 0 Å². The second-order valence-electron chi connectivity index (χ2n) is 19.2. The average Bonchev–Trinajstić information content (AvgIpc) is 3.88. The van der Waals surface area contributed by atoms with E-state index in [9.17, 15) is 0 Å². The van der Waals surface area contributed by atoms with Crippen LogP contribution >= 0.6 is 0 Å². The van der Waals surface area contributed by atoms with Gasteiger partial charge in [0.2, 0.25) is 5.69 Å². The summed E-state index contributed by atoms with van der Waals surface area (Å²) in [4.78, 5) is 5.84. The summed E-state index contributed by atoms with van der Waals surface area (Å²) >= 11 is 0. The van der Waals surface area contributed by atoms with Gasteiger partial charge < -0.3 is 0 Å². The van der Waals surface area contributed by atoms with Crippen molar-refractivity contribution in [2.24, 2.45) is 11.8 Å². The standard InChI is InChI=1S/C64H48N4/c1-64-55-38-46(45-31-29-44(30-32-45)42-16-4-2-5-17-42)33-34-48(55)40-58(67-36-13-12-27-61(64)67)54(41-59-50-21-9-8-20-49(50)57-39-47(35-37-66(57)59)43-18-6-3-7-19-43)53-24-14-23-52-51-22-10-11-25-56(51)68(63(52)53)62-28-15-26-60(64)65-62/h2-39,48,55,59H,40-41H2,1H3/q+2. The summed E-state index contributed by atoms with van der Waals surface area (Å²) in [7, 11) is 0. The summed E-state index contributed by atoms with van der Waals surface area (Å²) in [6.45, 7) is 2.47. The molecule has 4 unspecified atom stereocenters. The zero-order valence-corrected chi connectivity index (χ0v) is 37.9. The van der Waals surface area contributed by atoms with Gasteiger partial charge in [-0.1, -0.05) is 170 Å². The molecule has 1 aliphatic carbocycles. The Morgan fingerprint density at radius 1 is 0.603 bits per heavy atom. The molecule has 322 valence electrons. The molecule has 4 nitrogen and oxygen atoms in total. The Hall–Kier alpha value is -8.21. The fourth-order valence-corrected chi connectivity index (χ4v) is 12.5. The largest absolute Gasteiger partial charge is 0.293 e. The minimum Gasteiger partial charge on any atom is -0.293 e. The van der Waals surface area contributed by atoms with Crippen LogP contribution in [0.25, 0.3) is 78.0 Å². The Morgan fingerprint density at radius 2 is 1.29 bits per heavy atom. The highest BCUT2D eigenvalue weighted by Gasteiger charge is 2.52. The van der Waals surface area contributed by atoms with Crippen molar-refractivity contribution in [2.75, 3.05) is 0 Å². The highest BCUT2D eigenvalue weighted by molar-refractivity contribution is 6.13. The summed E-state index contributed by atoms with van der Waals surface area (Å²) in [6, 6.07) is 74.0. The minimum absolute atomic E-state index is 0.0661. The summed E-state index contributed by atoms with van der Waals surface area (Å²) in [5.74, 6) is 1.24. The first-order chi connectivity index (χ1) is 33.6. The average molecular weight is 873 g/mol. The van der Waals surface area contributed by atoms with Crippen molar-refractivity contribution in [2.45, 2.75) is 31.2 Å². The van der Waals surface area contributed by atoms with Crippen LogP contribution < -0.4 is 9.13 Å². The number of allylic oxidation sites excluding steroid dienone is 6. The first kappa shape index (κ1) is 39.0. The first-order valence-corrected chi connectivity index (χ1v) is 24.1. The molecule has 0 amide bonds. The molecule has 4 heteroatoms. The van der Waals surface area contributed by atoms with Gasteiger partial charge in [0.1, 0.15) is 11.2 Å². The van der Waals surface area contributed by atoms with Crippen molar-refractivity contribution in [1.82, 2.24) is 9.55 Å². The van der Waals surface area contributed by atoms with E-state index in [2.05, 4.69) is 251 Å². The van der Waals surface area contributed by atoms with Gasteiger partial charge in [0, 0.05) is 70.5 Å². The fraction of sp³-hybridized carbons (Fsp3) is 0.109. The predicted octanol–water partition coefficient (Wildman–Crippen LogP) is 14.0. The first-order valence-electron chi connectivity index (χ1n) is 24.1. The van der Waals surface area contributed by atoms with Gasteiger partial charge in [-0.15, -0.1) is 0 Å². The quantitative estimate of drug-likeness (QED) is 0.158. The van der Waals surface area contributed by atoms with E-state index in [1.807, 2.05) is 0 Å². The Kier molecular flexibility index (Phi) is 8.70. The molecule has 14 rings (SSSR count). The van der Waals surface area contributed by atoms with Crippen LogP contribution in [-0.4, -0.2) is 9.55 Å². The molecule has 4 aliphatic rings. The van der Waals surface area contributed by atoms with E-state index in [0.29, 0.717) is 0 Å². The SMILES string of the molecule is CC12c3cccc(n3)-n3c4ccccc4c4cccc(c43)C(CC3c4ccccc4-c4cc(-c5ccccc5)cc[n+]43)=C(CC3C=CC(c4ccc(-c5ccccc5)cc4)=CC31)[n+]1ccccc12. The molecule has 7 heterocycles. The second kappa shape index (κ2) is 15.2. The molecule has 10 aromatic rings. The maximum absolute atomic E-state index is 5.84. The van der Waals surface area contributed by atoms with Crippen LogP contribution in [-0.2, 0) is 5.41 Å². The highest BCUT2D eigenvalue weighted by Crippen LogP contribution is 2.52. The lowest BCUT2D eigenvalue weighted by atomic mass is 9.64. The van der Waals surface area contributed by atoms with Crippen LogP contribution in [0.2, 0.25) is 0 Å². The van der Waals surface area contributed by atoms with Crippen molar-refractivity contribution < 1.29 is 9.13 Å². The monoisotopic (exact) mass is 872 g/mol. The molecule has 3 aliphatic heterocycles. The number of para-hydroxylation sites is 2. The molecule has 68 heavy (non-hydrogen) atoms. The number of nitrogens with zero attached hydrogens (tertiary/aromatic N) is 4. The van der Waals surface area contributed by atoms with Crippen LogP contribution in [0, 0.1) is 11.8 Å². The number of hydrogen-bond acceptors (Lipinski definition) is 1.